The van der Waals surface area contributed by atoms with Gasteiger partial charge in [0.1, 0.15) is 35.5 Å². The molecule has 2 aliphatic heterocycles. The van der Waals surface area contributed by atoms with Crippen molar-refractivity contribution in [1.29, 1.82) is 0 Å². The van der Waals surface area contributed by atoms with Crippen LogP contribution in [0.3, 0.4) is 0 Å². The van der Waals surface area contributed by atoms with Crippen LogP contribution in [0.25, 0.3) is 0 Å². The molecule has 1 atom stereocenters. The molecule has 0 saturated carbocycles. The molecule has 0 aliphatic carbocycles. The molecule has 2 N–H and O–H groups in total. The molecule has 1 spiro atoms. The maximum absolute atomic E-state index is 14.3. The van der Waals surface area contributed by atoms with Gasteiger partial charge in [0.2, 0.25) is 11.8 Å². The second kappa shape index (κ2) is 10.2. The van der Waals surface area contributed by atoms with E-state index in [2.05, 4.69) is 0 Å². The van der Waals surface area contributed by atoms with E-state index in [0.717, 1.165) is 17.6 Å². The van der Waals surface area contributed by atoms with Crippen LogP contribution in [0.1, 0.15) is 25.0 Å². The van der Waals surface area contributed by atoms with Crippen LogP contribution in [0.15, 0.2) is 77.4 Å². The number of nitrogens with two attached hydrogens (primary N) is 1. The van der Waals surface area contributed by atoms with Crippen molar-refractivity contribution in [3.63, 3.8) is 0 Å². The van der Waals surface area contributed by atoms with Gasteiger partial charge < -0.3 is 24.7 Å². The monoisotopic (exact) mass is 506 g/mol. The summed E-state index contributed by atoms with van der Waals surface area (Å²) in [5, 5.41) is 0. The lowest BCUT2D eigenvalue weighted by molar-refractivity contribution is -0.144. The zero-order valence-corrected chi connectivity index (χ0v) is 20.6. The van der Waals surface area contributed by atoms with Gasteiger partial charge in [-0.3, -0.25) is 14.5 Å². The van der Waals surface area contributed by atoms with Crippen LogP contribution in [0.2, 0.25) is 0 Å². The Bertz CT molecular complexity index is 1330. The highest BCUT2D eigenvalue weighted by atomic mass is 16.5. The van der Waals surface area contributed by atoms with Gasteiger partial charge in [0.25, 0.3) is 0 Å². The van der Waals surface area contributed by atoms with Gasteiger partial charge in [-0.25, -0.2) is 9.59 Å². The predicted molar refractivity (Wildman–Crippen MR) is 130 cm³/mol. The maximum Gasteiger partial charge on any atom is 0.340 e. The Morgan fingerprint density at radius 2 is 1.65 bits per heavy atom. The highest BCUT2D eigenvalue weighted by molar-refractivity contribution is 6.23. The Kier molecular flexibility index (Phi) is 7.01. The number of para-hydroxylation sites is 1. The lowest BCUT2D eigenvalue weighted by Crippen LogP contribution is -2.51. The summed E-state index contributed by atoms with van der Waals surface area (Å²) in [5.74, 6) is -3.70. The molecular weight excluding hydrogens is 480 g/mol. The number of nitrogens with zero attached hydrogens (tertiary/aromatic N) is 1. The summed E-state index contributed by atoms with van der Waals surface area (Å²) in [6.07, 6.45) is 0. The molecule has 10 heteroatoms. The summed E-state index contributed by atoms with van der Waals surface area (Å²) in [5.41, 5.74) is 4.80. The minimum atomic E-state index is -2.05. The Hall–Kier alpha value is -4.60. The minimum absolute atomic E-state index is 0.00378. The number of carbonyl (C=O) groups is 4. The van der Waals surface area contributed by atoms with Crippen LogP contribution in [-0.4, -0.2) is 44.1 Å². The van der Waals surface area contributed by atoms with Crippen molar-refractivity contribution in [1.82, 2.24) is 0 Å². The van der Waals surface area contributed by atoms with Crippen LogP contribution in [0.4, 0.5) is 5.69 Å². The lowest BCUT2D eigenvalue weighted by atomic mass is 9.67. The highest BCUT2D eigenvalue weighted by Gasteiger charge is 2.64. The number of anilines is 1. The summed E-state index contributed by atoms with van der Waals surface area (Å²) >= 11 is 0. The maximum atomic E-state index is 14.3. The van der Waals surface area contributed by atoms with Gasteiger partial charge in [0, 0.05) is 11.3 Å². The quantitative estimate of drug-likeness (QED) is 0.443. The van der Waals surface area contributed by atoms with Gasteiger partial charge in [-0.05, 0) is 25.5 Å². The number of methoxy groups -OCH3 is 1. The fraction of sp³-hybridized carbons (Fsp3) is 0.259. The molecule has 2 heterocycles. The number of allylic oxidation sites excluding steroid dienone is 1. The SMILES string of the molecule is CCOC(=O)C1=C(C)OC(N)=C(C(=O)OC)C12C(=O)N(CC(=O)OCc1ccccc1)c1ccccc12. The van der Waals surface area contributed by atoms with E-state index in [4.69, 9.17) is 24.7 Å². The molecule has 2 aromatic rings. The van der Waals surface area contributed by atoms with E-state index < -0.39 is 41.7 Å². The second-order valence-corrected chi connectivity index (χ2v) is 8.29. The number of amides is 1. The van der Waals surface area contributed by atoms with Crippen molar-refractivity contribution in [2.45, 2.75) is 25.9 Å². The number of rotatable bonds is 7. The van der Waals surface area contributed by atoms with Crippen molar-refractivity contribution in [2.24, 2.45) is 5.73 Å². The molecule has 37 heavy (non-hydrogen) atoms. The third kappa shape index (κ3) is 4.20. The molecule has 2 aromatic carbocycles. The van der Waals surface area contributed by atoms with E-state index in [-0.39, 0.29) is 35.7 Å². The van der Waals surface area contributed by atoms with Gasteiger partial charge in [-0.15, -0.1) is 0 Å². The number of hydrogen-bond donors (Lipinski definition) is 1. The topological polar surface area (TPSA) is 134 Å². The molecule has 1 unspecified atom stereocenters. The van der Waals surface area contributed by atoms with E-state index in [1.165, 1.54) is 6.92 Å². The first-order valence-electron chi connectivity index (χ1n) is 11.5. The molecule has 0 bridgehead atoms. The second-order valence-electron chi connectivity index (χ2n) is 8.29. The average Bonchev–Trinajstić information content (AvgIpc) is 3.11. The van der Waals surface area contributed by atoms with Crippen molar-refractivity contribution in [3.05, 3.63) is 88.5 Å². The number of hydrogen-bond acceptors (Lipinski definition) is 9. The first-order chi connectivity index (χ1) is 17.8. The third-order valence-corrected chi connectivity index (χ3v) is 6.18. The Balaban J connectivity index is 1.83. The third-order valence-electron chi connectivity index (χ3n) is 6.18. The Morgan fingerprint density at radius 1 is 0.973 bits per heavy atom. The summed E-state index contributed by atoms with van der Waals surface area (Å²) in [6.45, 7) is 2.59. The summed E-state index contributed by atoms with van der Waals surface area (Å²) < 4.78 is 21.1. The first kappa shape index (κ1) is 25.5. The normalized spacial score (nSPS) is 18.5. The van der Waals surface area contributed by atoms with Gasteiger partial charge in [-0.1, -0.05) is 48.5 Å². The highest BCUT2D eigenvalue weighted by Crippen LogP contribution is 2.54. The summed E-state index contributed by atoms with van der Waals surface area (Å²) in [7, 11) is 1.12. The van der Waals surface area contributed by atoms with Crippen molar-refractivity contribution < 1.29 is 38.1 Å². The van der Waals surface area contributed by atoms with Gasteiger partial charge in [-0.2, -0.15) is 0 Å². The smallest absolute Gasteiger partial charge is 0.340 e. The molecular formula is C27H26N2O8. The molecule has 0 aromatic heterocycles. The molecule has 0 saturated heterocycles. The lowest BCUT2D eigenvalue weighted by Gasteiger charge is -2.36. The van der Waals surface area contributed by atoms with E-state index in [1.54, 1.807) is 43.3 Å². The number of carbonyl (C=O) groups excluding carboxylic acids is 4. The average molecular weight is 507 g/mol. The molecule has 4 rings (SSSR count). The summed E-state index contributed by atoms with van der Waals surface area (Å²) in [6, 6.07) is 15.6. The molecule has 0 radical (unpaired) electrons. The van der Waals surface area contributed by atoms with Crippen molar-refractivity contribution in [2.75, 3.05) is 25.2 Å². The summed E-state index contributed by atoms with van der Waals surface area (Å²) in [4.78, 5) is 54.6. The standard InChI is InChI=1S/C27H26N2O8/c1-4-35-25(32)21-16(2)37-23(28)22(24(31)34-3)27(21)18-12-8-9-13-19(18)29(26(27)33)14-20(30)36-15-17-10-6-5-7-11-17/h5-13H,4,14-15,28H2,1-3H3. The zero-order valence-electron chi connectivity index (χ0n) is 20.6. The Morgan fingerprint density at radius 3 is 2.32 bits per heavy atom. The van der Waals surface area contributed by atoms with Crippen LogP contribution >= 0.6 is 0 Å². The largest absolute Gasteiger partial charge is 0.465 e. The molecule has 0 fully saturated rings. The fourth-order valence-electron chi connectivity index (χ4n) is 4.70. The molecule has 192 valence electrons. The van der Waals surface area contributed by atoms with Crippen LogP contribution < -0.4 is 10.6 Å². The number of esters is 3. The van der Waals surface area contributed by atoms with Crippen LogP contribution in [-0.2, 0) is 50.1 Å². The molecule has 1 amide bonds. The van der Waals surface area contributed by atoms with Gasteiger partial charge in [0.15, 0.2) is 0 Å². The van der Waals surface area contributed by atoms with Crippen LogP contribution in [0, 0.1) is 0 Å². The minimum Gasteiger partial charge on any atom is -0.465 e. The molecule has 2 aliphatic rings. The van der Waals surface area contributed by atoms with E-state index in [0.29, 0.717) is 5.69 Å². The first-order valence-corrected chi connectivity index (χ1v) is 11.5. The zero-order chi connectivity index (χ0) is 26.7. The van der Waals surface area contributed by atoms with Crippen LogP contribution in [0.5, 0.6) is 0 Å². The van der Waals surface area contributed by atoms with Crippen molar-refractivity contribution >= 4 is 29.5 Å². The predicted octanol–water partition coefficient (Wildman–Crippen LogP) is 2.23. The van der Waals surface area contributed by atoms with E-state index in [1.807, 2.05) is 18.2 Å². The van der Waals surface area contributed by atoms with Crippen molar-refractivity contribution in [3.8, 4) is 0 Å². The Labute approximate surface area is 213 Å². The van der Waals surface area contributed by atoms with Gasteiger partial charge >= 0.3 is 17.9 Å². The number of benzene rings is 2. The fourth-order valence-corrected chi connectivity index (χ4v) is 4.70. The molecule has 10 nitrogen and oxygen atoms in total. The van der Waals surface area contributed by atoms with Gasteiger partial charge in [0.05, 0.1) is 13.7 Å². The van der Waals surface area contributed by atoms with E-state index >= 15 is 0 Å². The number of fused-ring (bicyclic) bond motifs is 2. The number of ether oxygens (including phenoxy) is 4. The van der Waals surface area contributed by atoms with E-state index in [9.17, 15) is 19.2 Å².